The van der Waals surface area contributed by atoms with Crippen molar-refractivity contribution in [1.29, 1.82) is 0 Å². The van der Waals surface area contributed by atoms with Crippen LogP contribution in [0.1, 0.15) is 31.7 Å². The Morgan fingerprint density at radius 3 is 2.46 bits per heavy atom. The van der Waals surface area contributed by atoms with Crippen molar-refractivity contribution in [1.82, 2.24) is 5.32 Å². The summed E-state index contributed by atoms with van der Waals surface area (Å²) >= 11 is 0. The quantitative estimate of drug-likeness (QED) is 0.732. The molecule has 1 aromatic rings. The minimum Gasteiger partial charge on any atom is -0.493 e. The minimum atomic E-state index is -0.917. The topological polar surface area (TPSA) is 94.1 Å². The number of carbonyl (C=O) groups is 2. The minimum absolute atomic E-state index is 0.0921. The lowest BCUT2D eigenvalue weighted by atomic mass is 9.85. The molecule has 1 saturated heterocycles. The van der Waals surface area contributed by atoms with Gasteiger partial charge >= 0.3 is 5.97 Å². The lowest BCUT2D eigenvalue weighted by Crippen LogP contribution is -2.54. The Morgan fingerprint density at radius 1 is 1.23 bits per heavy atom. The molecule has 1 atom stereocenters. The Morgan fingerprint density at radius 2 is 1.88 bits per heavy atom. The average Bonchev–Trinajstić information content (AvgIpc) is 2.61. The van der Waals surface area contributed by atoms with E-state index in [4.69, 9.17) is 14.2 Å². The summed E-state index contributed by atoms with van der Waals surface area (Å²) in [6.07, 6.45) is 1.44. The number of rotatable bonds is 8. The molecule has 26 heavy (non-hydrogen) atoms. The molecular formula is C19H27NO6. The van der Waals surface area contributed by atoms with E-state index in [0.717, 1.165) is 5.56 Å². The summed E-state index contributed by atoms with van der Waals surface area (Å²) in [7, 11) is 3.14. The lowest BCUT2D eigenvalue weighted by molar-refractivity contribution is -0.141. The lowest BCUT2D eigenvalue weighted by Gasteiger charge is -2.37. The first kappa shape index (κ1) is 20.0. The van der Waals surface area contributed by atoms with Crippen LogP contribution in [0.3, 0.4) is 0 Å². The molecule has 1 fully saturated rings. The molecule has 7 nitrogen and oxygen atoms in total. The number of carboxylic acids is 1. The summed E-state index contributed by atoms with van der Waals surface area (Å²) in [4.78, 5) is 23.9. The van der Waals surface area contributed by atoms with Gasteiger partial charge in [-0.25, -0.2) is 0 Å². The van der Waals surface area contributed by atoms with Crippen molar-refractivity contribution in [3.8, 4) is 11.5 Å². The van der Waals surface area contributed by atoms with Crippen molar-refractivity contribution in [3.63, 3.8) is 0 Å². The van der Waals surface area contributed by atoms with Crippen LogP contribution < -0.4 is 14.8 Å². The molecule has 1 heterocycles. The molecule has 0 spiro atoms. The second kappa shape index (κ2) is 8.89. The van der Waals surface area contributed by atoms with E-state index < -0.39 is 11.5 Å². The third-order valence-electron chi connectivity index (χ3n) is 4.77. The van der Waals surface area contributed by atoms with Crippen LogP contribution in [-0.2, 0) is 20.7 Å². The summed E-state index contributed by atoms with van der Waals surface area (Å²) in [5.41, 5.74) is 0.220. The van der Waals surface area contributed by atoms with Gasteiger partial charge in [0.15, 0.2) is 11.5 Å². The van der Waals surface area contributed by atoms with Crippen LogP contribution in [0, 0.1) is 5.92 Å². The normalized spacial score (nSPS) is 17.2. The number of carboxylic acid groups (broad SMARTS) is 1. The maximum atomic E-state index is 12.7. The number of hydrogen-bond donors (Lipinski definition) is 2. The van der Waals surface area contributed by atoms with Gasteiger partial charge in [0, 0.05) is 19.1 Å². The monoisotopic (exact) mass is 365 g/mol. The van der Waals surface area contributed by atoms with Crippen LogP contribution in [-0.4, -0.2) is 50.0 Å². The van der Waals surface area contributed by atoms with Crippen molar-refractivity contribution in [2.45, 2.75) is 38.1 Å². The van der Waals surface area contributed by atoms with E-state index in [2.05, 4.69) is 5.32 Å². The van der Waals surface area contributed by atoms with Gasteiger partial charge < -0.3 is 24.6 Å². The number of benzene rings is 1. The first-order valence-electron chi connectivity index (χ1n) is 8.71. The van der Waals surface area contributed by atoms with E-state index in [0.29, 0.717) is 44.0 Å². The molecule has 0 aromatic heterocycles. The molecule has 1 aromatic carbocycles. The van der Waals surface area contributed by atoms with E-state index in [1.54, 1.807) is 14.2 Å². The number of hydrogen-bond acceptors (Lipinski definition) is 5. The Labute approximate surface area is 153 Å². The Bertz CT molecular complexity index is 639. The largest absolute Gasteiger partial charge is 0.493 e. The molecule has 144 valence electrons. The first-order chi connectivity index (χ1) is 12.4. The molecule has 0 saturated carbocycles. The number of nitrogens with one attached hydrogen (secondary N) is 1. The maximum absolute atomic E-state index is 12.7. The van der Waals surface area contributed by atoms with Gasteiger partial charge in [-0.05, 0) is 37.0 Å². The molecule has 1 unspecified atom stereocenters. The van der Waals surface area contributed by atoms with Gasteiger partial charge in [0.05, 0.1) is 26.2 Å². The van der Waals surface area contributed by atoms with Crippen LogP contribution >= 0.6 is 0 Å². The fourth-order valence-corrected chi connectivity index (χ4v) is 3.24. The third kappa shape index (κ3) is 5.11. The van der Waals surface area contributed by atoms with Crippen molar-refractivity contribution in [2.75, 3.05) is 27.4 Å². The van der Waals surface area contributed by atoms with Crippen molar-refractivity contribution < 1.29 is 28.9 Å². The van der Waals surface area contributed by atoms with Gasteiger partial charge in [0.2, 0.25) is 5.91 Å². The highest BCUT2D eigenvalue weighted by molar-refractivity contribution is 5.80. The molecule has 1 amide bonds. The molecule has 1 aliphatic rings. The van der Waals surface area contributed by atoms with E-state index in [1.807, 2.05) is 25.1 Å². The number of aliphatic carboxylic acids is 1. The highest BCUT2D eigenvalue weighted by Gasteiger charge is 2.37. The van der Waals surface area contributed by atoms with Gasteiger partial charge in [0.25, 0.3) is 0 Å². The van der Waals surface area contributed by atoms with Gasteiger partial charge in [0.1, 0.15) is 0 Å². The summed E-state index contributed by atoms with van der Waals surface area (Å²) in [5.74, 6) is -0.121. The van der Waals surface area contributed by atoms with Gasteiger partial charge in [-0.1, -0.05) is 13.0 Å². The molecule has 2 rings (SSSR count). The predicted molar refractivity (Wildman–Crippen MR) is 95.6 cm³/mol. The van der Waals surface area contributed by atoms with E-state index in [-0.39, 0.29) is 18.2 Å². The zero-order chi connectivity index (χ0) is 19.2. The first-order valence-corrected chi connectivity index (χ1v) is 8.71. The van der Waals surface area contributed by atoms with Gasteiger partial charge in [-0.15, -0.1) is 0 Å². The number of carbonyl (C=O) groups excluding carboxylic acids is 1. The predicted octanol–water partition coefficient (Wildman–Crippen LogP) is 2.02. The second-order valence-corrected chi connectivity index (χ2v) is 6.75. The summed E-state index contributed by atoms with van der Waals surface area (Å²) < 4.78 is 15.8. The standard InChI is InChI=1S/C19H27NO6/c1-13(10-14-4-5-15(24-2)16(11-14)25-3)18(23)20-19(12-17(21)22)6-8-26-9-7-19/h4-5,11,13H,6-10,12H2,1-3H3,(H,20,23)(H,21,22). The van der Waals surface area contributed by atoms with Crippen LogP contribution in [0.25, 0.3) is 0 Å². The average molecular weight is 365 g/mol. The van der Waals surface area contributed by atoms with E-state index in [1.165, 1.54) is 0 Å². The van der Waals surface area contributed by atoms with Crippen LogP contribution in [0.5, 0.6) is 11.5 Å². The number of methoxy groups -OCH3 is 2. The van der Waals surface area contributed by atoms with Crippen molar-refractivity contribution in [2.24, 2.45) is 5.92 Å². The van der Waals surface area contributed by atoms with Crippen molar-refractivity contribution >= 4 is 11.9 Å². The second-order valence-electron chi connectivity index (χ2n) is 6.75. The smallest absolute Gasteiger partial charge is 0.305 e. The van der Waals surface area contributed by atoms with E-state index in [9.17, 15) is 14.7 Å². The van der Waals surface area contributed by atoms with Crippen LogP contribution in [0.2, 0.25) is 0 Å². The highest BCUT2D eigenvalue weighted by Crippen LogP contribution is 2.29. The van der Waals surface area contributed by atoms with Crippen LogP contribution in [0.4, 0.5) is 0 Å². The Balaban J connectivity index is 2.05. The zero-order valence-electron chi connectivity index (χ0n) is 15.5. The van der Waals surface area contributed by atoms with Gasteiger partial charge in [-0.2, -0.15) is 0 Å². The summed E-state index contributed by atoms with van der Waals surface area (Å²) in [5, 5.41) is 12.2. The molecule has 1 aliphatic heterocycles. The fourth-order valence-electron chi connectivity index (χ4n) is 3.24. The Hall–Kier alpha value is -2.28. The maximum Gasteiger partial charge on any atom is 0.305 e. The van der Waals surface area contributed by atoms with E-state index >= 15 is 0 Å². The number of amides is 1. The van der Waals surface area contributed by atoms with Crippen LogP contribution in [0.15, 0.2) is 18.2 Å². The van der Waals surface area contributed by atoms with Gasteiger partial charge in [-0.3, -0.25) is 9.59 Å². The molecule has 2 N–H and O–H groups in total. The fraction of sp³-hybridized carbons (Fsp3) is 0.579. The SMILES string of the molecule is COc1ccc(CC(C)C(=O)NC2(CC(=O)O)CCOCC2)cc1OC. The Kier molecular flexibility index (Phi) is 6.85. The zero-order valence-corrected chi connectivity index (χ0v) is 15.5. The molecule has 7 heteroatoms. The van der Waals surface area contributed by atoms with Crippen molar-refractivity contribution in [3.05, 3.63) is 23.8 Å². The summed E-state index contributed by atoms with van der Waals surface area (Å²) in [6.45, 7) is 2.75. The third-order valence-corrected chi connectivity index (χ3v) is 4.77. The molecule has 0 aliphatic carbocycles. The highest BCUT2D eigenvalue weighted by atomic mass is 16.5. The molecular weight excluding hydrogens is 338 g/mol. The molecule has 0 bridgehead atoms. The number of ether oxygens (including phenoxy) is 3. The molecule has 0 radical (unpaired) electrons. The summed E-state index contributed by atoms with van der Waals surface area (Å²) in [6, 6.07) is 5.56.